The van der Waals surface area contributed by atoms with Gasteiger partial charge in [0.15, 0.2) is 0 Å². The van der Waals surface area contributed by atoms with Crippen LogP contribution in [0.15, 0.2) is 528 Å². The van der Waals surface area contributed by atoms with Crippen molar-refractivity contribution < 1.29 is 0 Å². The lowest BCUT2D eigenvalue weighted by Crippen LogP contribution is -2.28. The molecular formula is C138H109N3. The standard InChI is InChI=1S/C48H39N.2C45H35N/c1-5-13-35(14-6-1)38-19-24-41(25-20-38)49(42-26-21-39(22-27-42)36-15-7-2-8-16-36)43-28-30-45-44-29-23-40(37-17-9-3-10-18-37)33-46(44)48(47(45)34-43)31-11-4-12-32-48;1-45(2)42-30-36(33-16-8-4-9-17-33)24-28-40(42)41-29-27-38(31-43(41)45)46(37-25-22-34(23-26-37)32-14-6-3-7-15-32)44-21-13-12-20-39(44)35-18-10-5-11-19-35;1-45(2)43-30-37(34-16-10-5-11-17-34)22-28-41(43)42-29-27-40(31-44(42)45)46(38-23-18-35(19-24-38)32-12-6-3-7-13-32)39-25-20-36(21-26-39)33-14-8-4-9-15-33/h1-3,5-10,13-30,33-34H,4,11-12,31-32H2;2*3-31H,1-2H3. The minimum atomic E-state index is -0.146. The van der Waals surface area contributed by atoms with Crippen molar-refractivity contribution in [3.63, 3.8) is 0 Å². The van der Waals surface area contributed by atoms with Crippen molar-refractivity contribution in [1.29, 1.82) is 0 Å². The summed E-state index contributed by atoms with van der Waals surface area (Å²) in [6.07, 6.45) is 6.26. The molecule has 0 bridgehead atoms. The van der Waals surface area contributed by atoms with Gasteiger partial charge in [-0.15, -0.1) is 0 Å². The fraction of sp³-hybridized carbons (Fsp3) is 0.0870. The van der Waals surface area contributed by atoms with Crippen molar-refractivity contribution in [2.45, 2.75) is 76.0 Å². The van der Waals surface area contributed by atoms with E-state index >= 15 is 0 Å². The Labute approximate surface area is 830 Å². The molecule has 0 aliphatic heterocycles. The van der Waals surface area contributed by atoms with E-state index in [-0.39, 0.29) is 16.2 Å². The quantitative estimate of drug-likeness (QED) is 0.0848. The van der Waals surface area contributed by atoms with Gasteiger partial charge in [0, 0.05) is 67.3 Å². The summed E-state index contributed by atoms with van der Waals surface area (Å²) < 4.78 is 0. The lowest BCUT2D eigenvalue weighted by atomic mass is 9.67. The highest BCUT2D eigenvalue weighted by Gasteiger charge is 2.45. The normalized spacial score (nSPS) is 13.3. The van der Waals surface area contributed by atoms with Crippen LogP contribution in [-0.2, 0) is 16.2 Å². The molecular weight excluding hydrogens is 1700 g/mol. The van der Waals surface area contributed by atoms with Crippen molar-refractivity contribution >= 4 is 51.2 Å². The van der Waals surface area contributed by atoms with Crippen LogP contribution in [0.4, 0.5) is 51.2 Å². The van der Waals surface area contributed by atoms with Gasteiger partial charge in [0.1, 0.15) is 0 Å². The molecule has 21 aromatic carbocycles. The number of fused-ring (bicyclic) bond motifs is 11. The maximum Gasteiger partial charge on any atom is 0.0540 e. The first kappa shape index (κ1) is 88.0. The molecule has 3 heteroatoms. The summed E-state index contributed by atoms with van der Waals surface area (Å²) in [5, 5.41) is 0. The van der Waals surface area contributed by atoms with Gasteiger partial charge >= 0.3 is 0 Å². The summed E-state index contributed by atoms with van der Waals surface area (Å²) in [5.41, 5.74) is 49.0. The van der Waals surface area contributed by atoms with Gasteiger partial charge < -0.3 is 14.7 Å². The first-order valence-corrected chi connectivity index (χ1v) is 49.8. The molecule has 4 aliphatic carbocycles. The molecule has 676 valence electrons. The molecule has 21 aromatic rings. The fourth-order valence-corrected chi connectivity index (χ4v) is 22.5. The van der Waals surface area contributed by atoms with E-state index in [1.807, 2.05) is 0 Å². The fourth-order valence-electron chi connectivity index (χ4n) is 22.5. The van der Waals surface area contributed by atoms with Crippen molar-refractivity contribution in [3.8, 4) is 134 Å². The zero-order valence-corrected chi connectivity index (χ0v) is 80.1. The van der Waals surface area contributed by atoms with E-state index in [0.29, 0.717) is 0 Å². The molecule has 25 rings (SSSR count). The van der Waals surface area contributed by atoms with Gasteiger partial charge in [-0.2, -0.15) is 0 Å². The minimum absolute atomic E-state index is 0.0454. The van der Waals surface area contributed by atoms with Crippen molar-refractivity contribution in [1.82, 2.24) is 0 Å². The lowest BCUT2D eigenvalue weighted by Gasteiger charge is -2.37. The highest BCUT2D eigenvalue weighted by molar-refractivity contribution is 5.95. The molecule has 4 aliphatic rings. The number of rotatable bonds is 18. The van der Waals surface area contributed by atoms with Crippen LogP contribution >= 0.6 is 0 Å². The van der Waals surface area contributed by atoms with Crippen LogP contribution in [0, 0.1) is 0 Å². The number of anilines is 9. The Morgan fingerprint density at radius 2 is 0.333 bits per heavy atom. The van der Waals surface area contributed by atoms with E-state index in [9.17, 15) is 0 Å². The maximum absolute atomic E-state index is 2.53. The molecule has 0 radical (unpaired) electrons. The molecule has 0 unspecified atom stereocenters. The Bertz CT molecular complexity index is 7840. The third kappa shape index (κ3) is 17.2. The van der Waals surface area contributed by atoms with E-state index < -0.39 is 0 Å². The van der Waals surface area contributed by atoms with Crippen LogP contribution < -0.4 is 14.7 Å². The Morgan fingerprint density at radius 1 is 0.142 bits per heavy atom. The Morgan fingerprint density at radius 3 is 0.631 bits per heavy atom. The minimum Gasteiger partial charge on any atom is -0.310 e. The Balaban J connectivity index is 0.000000118. The zero-order valence-electron chi connectivity index (χ0n) is 80.1. The van der Waals surface area contributed by atoms with Gasteiger partial charge in [0.25, 0.3) is 0 Å². The van der Waals surface area contributed by atoms with Crippen LogP contribution in [0.1, 0.15) is 93.2 Å². The molecule has 1 spiro atoms. The first-order valence-electron chi connectivity index (χ1n) is 49.8. The van der Waals surface area contributed by atoms with Gasteiger partial charge in [-0.25, -0.2) is 0 Å². The summed E-state index contributed by atoms with van der Waals surface area (Å²) in [7, 11) is 0. The van der Waals surface area contributed by atoms with Gasteiger partial charge in [-0.05, 0) is 296 Å². The van der Waals surface area contributed by atoms with Crippen LogP contribution in [0.2, 0.25) is 0 Å². The number of nitrogens with zero attached hydrogens (tertiary/aromatic N) is 3. The Hall–Kier alpha value is -17.0. The molecule has 1 fully saturated rings. The zero-order chi connectivity index (χ0) is 94.8. The third-order valence-electron chi connectivity index (χ3n) is 29.9. The van der Waals surface area contributed by atoms with Crippen molar-refractivity contribution in [2.24, 2.45) is 0 Å². The predicted octanol–water partition coefficient (Wildman–Crippen LogP) is 38.3. The maximum atomic E-state index is 2.53. The highest BCUT2D eigenvalue weighted by atomic mass is 15.2. The van der Waals surface area contributed by atoms with Gasteiger partial charge in [0.05, 0.1) is 5.69 Å². The molecule has 0 aromatic heterocycles. The molecule has 0 saturated heterocycles. The summed E-state index contributed by atoms with van der Waals surface area (Å²) in [6, 6.07) is 192. The molecule has 0 atom stereocenters. The molecule has 3 nitrogen and oxygen atoms in total. The summed E-state index contributed by atoms with van der Waals surface area (Å²) in [5.74, 6) is 0. The summed E-state index contributed by atoms with van der Waals surface area (Å²) in [6.45, 7) is 9.47. The van der Waals surface area contributed by atoms with Crippen molar-refractivity contribution in [2.75, 3.05) is 14.7 Å². The number of hydrogen-bond acceptors (Lipinski definition) is 3. The number of para-hydroxylation sites is 1. The Kier molecular flexibility index (Phi) is 23.8. The molecule has 0 amide bonds. The lowest BCUT2D eigenvalue weighted by molar-refractivity contribution is 0.353. The molecule has 1 saturated carbocycles. The van der Waals surface area contributed by atoms with Crippen LogP contribution in [-0.4, -0.2) is 0 Å². The second kappa shape index (κ2) is 38.2. The van der Waals surface area contributed by atoms with E-state index in [4.69, 9.17) is 0 Å². The van der Waals surface area contributed by atoms with Gasteiger partial charge in [-0.1, -0.05) is 453 Å². The average Bonchev–Trinajstić information content (AvgIpc) is 1.56. The van der Waals surface area contributed by atoms with Crippen molar-refractivity contribution in [3.05, 3.63) is 561 Å². The van der Waals surface area contributed by atoms with Gasteiger partial charge in [0.2, 0.25) is 0 Å². The highest BCUT2D eigenvalue weighted by Crippen LogP contribution is 2.60. The van der Waals surface area contributed by atoms with Crippen LogP contribution in [0.5, 0.6) is 0 Å². The second-order valence-electron chi connectivity index (χ2n) is 38.9. The van der Waals surface area contributed by atoms with E-state index in [1.54, 1.807) is 0 Å². The molecule has 0 N–H and O–H groups in total. The topological polar surface area (TPSA) is 9.72 Å². The summed E-state index contributed by atoms with van der Waals surface area (Å²) >= 11 is 0. The first-order chi connectivity index (χ1) is 69.4. The smallest absolute Gasteiger partial charge is 0.0540 e. The largest absolute Gasteiger partial charge is 0.310 e. The van der Waals surface area contributed by atoms with Gasteiger partial charge in [-0.3, -0.25) is 0 Å². The van der Waals surface area contributed by atoms with E-state index in [2.05, 4.69) is 570 Å². The monoisotopic (exact) mass is 1810 g/mol. The predicted molar refractivity (Wildman–Crippen MR) is 597 cm³/mol. The SMILES string of the molecule is CC1(C)c2cc(-c3ccccc3)ccc2-c2ccc(N(c3ccc(-c4ccccc4)cc3)c3ccc(-c4ccccc4)cc3)cc21.CC1(C)c2cc(-c3ccccc3)ccc2-c2ccc(N(c3ccc(-c4ccccc4)cc3)c3ccccc3-c3ccccc3)cc21.c1ccc(-c2ccc(N(c3ccc(-c4ccccc4)cc3)c3ccc4c(c3)C3(CCCCC3)c3cc(-c5ccccc5)ccc3-4)cc2)cc1. The van der Waals surface area contributed by atoms with E-state index in [0.717, 1.165) is 45.5 Å². The van der Waals surface area contributed by atoms with E-state index in [1.165, 1.54) is 205 Å². The summed E-state index contributed by atoms with van der Waals surface area (Å²) in [4.78, 5) is 7.25. The third-order valence-corrected chi connectivity index (χ3v) is 29.9. The molecule has 0 heterocycles. The number of hydrogen-bond donors (Lipinski definition) is 0. The van der Waals surface area contributed by atoms with Crippen LogP contribution in [0.25, 0.3) is 134 Å². The number of benzene rings is 21. The second-order valence-corrected chi connectivity index (χ2v) is 38.9. The average molecular weight is 1810 g/mol. The molecule has 141 heavy (non-hydrogen) atoms. The van der Waals surface area contributed by atoms with Crippen LogP contribution in [0.3, 0.4) is 0 Å².